The van der Waals surface area contributed by atoms with Gasteiger partial charge in [-0.1, -0.05) is 18.2 Å². The Hall–Kier alpha value is -4.46. The van der Waals surface area contributed by atoms with Crippen LogP contribution < -0.4 is 0 Å². The Morgan fingerprint density at radius 2 is 1.82 bits per heavy atom. The molecule has 34 heavy (non-hydrogen) atoms. The third-order valence-corrected chi connectivity index (χ3v) is 5.48. The molecule has 5 aromatic rings. The molecule has 5 rings (SSSR count). The number of benzene rings is 2. The summed E-state index contributed by atoms with van der Waals surface area (Å²) in [4.78, 5) is 36.8. The van der Waals surface area contributed by atoms with E-state index >= 15 is 0 Å². The Bertz CT molecular complexity index is 1520. The number of fused-ring (bicyclic) bond motifs is 1. The average Bonchev–Trinajstić information content (AvgIpc) is 3.47. The molecule has 3 heterocycles. The topological polar surface area (TPSA) is 93.5 Å². The van der Waals surface area contributed by atoms with Gasteiger partial charge in [-0.2, -0.15) is 5.10 Å². The van der Waals surface area contributed by atoms with Crippen LogP contribution in [0.3, 0.4) is 0 Å². The van der Waals surface area contributed by atoms with Gasteiger partial charge in [0.05, 0.1) is 22.9 Å². The lowest BCUT2D eigenvalue weighted by Crippen LogP contribution is -2.06. The molecule has 1 N–H and O–H groups in total. The van der Waals surface area contributed by atoms with Crippen LogP contribution in [-0.2, 0) is 12.8 Å². The fourth-order valence-corrected chi connectivity index (χ4v) is 3.69. The SMILES string of the molecule is Cc1ccc(CC(=O)c2cccc(-n3cc(CC(=O)c4nc5ccc(F)cc5[nH]4)cn3)c2)cn1. The standard InChI is InChI=1S/C26H20FN5O2/c1-16-5-6-17(13-28-16)9-24(33)19-3-2-4-21(11-19)32-15-18(14-29-32)10-25(34)26-30-22-8-7-20(27)12-23(22)31-26/h2-8,11-15H,9-10H2,1H3,(H,30,31). The monoisotopic (exact) mass is 453 g/mol. The fraction of sp³-hybridized carbons (Fsp3) is 0.115. The van der Waals surface area contributed by atoms with Crippen molar-refractivity contribution in [3.8, 4) is 5.69 Å². The van der Waals surface area contributed by atoms with E-state index in [1.807, 2.05) is 25.1 Å². The second-order valence-corrected chi connectivity index (χ2v) is 8.10. The minimum Gasteiger partial charge on any atom is -0.335 e. The summed E-state index contributed by atoms with van der Waals surface area (Å²) < 4.78 is 15.0. The van der Waals surface area contributed by atoms with Crippen LogP contribution >= 0.6 is 0 Å². The summed E-state index contributed by atoms with van der Waals surface area (Å²) in [5, 5.41) is 4.34. The molecular weight excluding hydrogens is 433 g/mol. The number of rotatable bonds is 7. The second kappa shape index (κ2) is 8.82. The third-order valence-electron chi connectivity index (χ3n) is 5.48. The maximum Gasteiger partial charge on any atom is 0.202 e. The summed E-state index contributed by atoms with van der Waals surface area (Å²) in [6.45, 7) is 1.90. The van der Waals surface area contributed by atoms with Gasteiger partial charge in [-0.05, 0) is 54.4 Å². The van der Waals surface area contributed by atoms with E-state index in [-0.39, 0.29) is 30.2 Å². The van der Waals surface area contributed by atoms with Crippen molar-refractivity contribution in [3.05, 3.63) is 107 Å². The number of Topliss-reactive ketones (excluding diaryl/α,β-unsaturated/α-hetero) is 2. The smallest absolute Gasteiger partial charge is 0.202 e. The molecular formula is C26H20FN5O2. The zero-order valence-corrected chi connectivity index (χ0v) is 18.3. The summed E-state index contributed by atoms with van der Waals surface area (Å²) >= 11 is 0. The predicted molar refractivity (Wildman–Crippen MR) is 125 cm³/mol. The first-order chi connectivity index (χ1) is 16.4. The summed E-state index contributed by atoms with van der Waals surface area (Å²) in [6, 6.07) is 15.1. The summed E-state index contributed by atoms with van der Waals surface area (Å²) in [5.74, 6) is -0.470. The van der Waals surface area contributed by atoms with Crippen molar-refractivity contribution in [2.45, 2.75) is 19.8 Å². The van der Waals surface area contributed by atoms with Crippen LogP contribution in [0.15, 0.2) is 73.2 Å². The summed E-state index contributed by atoms with van der Waals surface area (Å²) in [6.07, 6.45) is 5.41. The van der Waals surface area contributed by atoms with Crippen LogP contribution in [-0.4, -0.2) is 36.3 Å². The molecule has 0 aliphatic heterocycles. The first-order valence-electron chi connectivity index (χ1n) is 10.7. The van der Waals surface area contributed by atoms with Crippen LogP contribution in [0, 0.1) is 12.7 Å². The van der Waals surface area contributed by atoms with E-state index in [9.17, 15) is 14.0 Å². The largest absolute Gasteiger partial charge is 0.335 e. The van der Waals surface area contributed by atoms with Crippen LogP contribution in [0.25, 0.3) is 16.7 Å². The molecule has 3 aromatic heterocycles. The molecule has 0 atom stereocenters. The van der Waals surface area contributed by atoms with Gasteiger partial charge in [0.2, 0.25) is 5.78 Å². The summed E-state index contributed by atoms with van der Waals surface area (Å²) in [5.41, 5.74) is 4.74. The van der Waals surface area contributed by atoms with Gasteiger partial charge in [0.25, 0.3) is 0 Å². The van der Waals surface area contributed by atoms with E-state index in [2.05, 4.69) is 20.1 Å². The van der Waals surface area contributed by atoms with E-state index in [1.165, 1.54) is 18.2 Å². The van der Waals surface area contributed by atoms with E-state index in [0.29, 0.717) is 27.8 Å². The number of aromatic nitrogens is 5. The molecule has 2 aromatic carbocycles. The van der Waals surface area contributed by atoms with Gasteiger partial charge in [-0.25, -0.2) is 14.1 Å². The molecule has 0 saturated carbocycles. The Labute approximate surface area is 194 Å². The number of aryl methyl sites for hydroxylation is 1. The van der Waals surface area contributed by atoms with Crippen molar-refractivity contribution >= 4 is 22.6 Å². The highest BCUT2D eigenvalue weighted by atomic mass is 19.1. The number of hydrogen-bond acceptors (Lipinski definition) is 5. The summed E-state index contributed by atoms with van der Waals surface area (Å²) in [7, 11) is 0. The molecule has 0 amide bonds. The molecule has 0 radical (unpaired) electrons. The molecule has 0 saturated heterocycles. The lowest BCUT2D eigenvalue weighted by Gasteiger charge is -2.05. The van der Waals surface area contributed by atoms with Gasteiger partial charge in [-0.15, -0.1) is 0 Å². The van der Waals surface area contributed by atoms with E-state index in [4.69, 9.17) is 0 Å². The first kappa shape index (κ1) is 21.4. The average molecular weight is 453 g/mol. The highest BCUT2D eigenvalue weighted by molar-refractivity contribution is 5.98. The van der Waals surface area contributed by atoms with Gasteiger partial charge in [0.15, 0.2) is 11.6 Å². The Kier molecular flexibility index (Phi) is 5.55. The van der Waals surface area contributed by atoms with Crippen molar-refractivity contribution in [2.75, 3.05) is 0 Å². The molecule has 0 spiro atoms. The molecule has 0 aliphatic rings. The van der Waals surface area contributed by atoms with Crippen LogP contribution in [0.4, 0.5) is 4.39 Å². The van der Waals surface area contributed by atoms with Crippen molar-refractivity contribution in [2.24, 2.45) is 0 Å². The third kappa shape index (κ3) is 4.52. The number of nitrogens with zero attached hydrogens (tertiary/aromatic N) is 4. The number of aromatic amines is 1. The normalized spacial score (nSPS) is 11.1. The van der Waals surface area contributed by atoms with Crippen molar-refractivity contribution in [3.63, 3.8) is 0 Å². The van der Waals surface area contributed by atoms with E-state index < -0.39 is 5.82 Å². The fourth-order valence-electron chi connectivity index (χ4n) is 3.69. The van der Waals surface area contributed by atoms with Crippen LogP contribution in [0.1, 0.15) is 37.8 Å². The van der Waals surface area contributed by atoms with Crippen molar-refractivity contribution in [1.82, 2.24) is 24.7 Å². The van der Waals surface area contributed by atoms with Crippen LogP contribution in [0.2, 0.25) is 0 Å². The molecule has 7 nitrogen and oxygen atoms in total. The number of hydrogen-bond donors (Lipinski definition) is 1. The molecule has 8 heteroatoms. The maximum absolute atomic E-state index is 13.4. The number of halogens is 1. The van der Waals surface area contributed by atoms with Gasteiger partial charge in [-0.3, -0.25) is 14.6 Å². The number of ketones is 2. The van der Waals surface area contributed by atoms with Crippen LogP contribution in [0.5, 0.6) is 0 Å². The highest BCUT2D eigenvalue weighted by Gasteiger charge is 2.15. The molecule has 0 unspecified atom stereocenters. The van der Waals surface area contributed by atoms with Crippen molar-refractivity contribution in [1.29, 1.82) is 0 Å². The van der Waals surface area contributed by atoms with Gasteiger partial charge < -0.3 is 4.98 Å². The van der Waals surface area contributed by atoms with E-state index in [1.54, 1.807) is 41.5 Å². The molecule has 0 bridgehead atoms. The first-order valence-corrected chi connectivity index (χ1v) is 10.7. The number of H-pyrrole nitrogens is 1. The second-order valence-electron chi connectivity index (χ2n) is 8.10. The van der Waals surface area contributed by atoms with Gasteiger partial charge in [0, 0.05) is 36.5 Å². The Morgan fingerprint density at radius 3 is 2.65 bits per heavy atom. The predicted octanol–water partition coefficient (Wildman–Crippen LogP) is 4.44. The Balaban J connectivity index is 1.30. The number of nitrogens with one attached hydrogen (secondary N) is 1. The van der Waals surface area contributed by atoms with Gasteiger partial charge in [0.1, 0.15) is 5.82 Å². The van der Waals surface area contributed by atoms with Gasteiger partial charge >= 0.3 is 0 Å². The number of imidazole rings is 1. The number of carbonyl (C=O) groups is 2. The minimum absolute atomic E-state index is 0.0172. The molecule has 0 fully saturated rings. The Morgan fingerprint density at radius 1 is 0.971 bits per heavy atom. The van der Waals surface area contributed by atoms with Crippen molar-refractivity contribution < 1.29 is 14.0 Å². The molecule has 168 valence electrons. The lowest BCUT2D eigenvalue weighted by molar-refractivity contribution is 0.0979. The number of pyridine rings is 1. The lowest BCUT2D eigenvalue weighted by atomic mass is 10.0. The number of carbonyl (C=O) groups excluding carboxylic acids is 2. The maximum atomic E-state index is 13.4. The van der Waals surface area contributed by atoms with E-state index in [0.717, 1.165) is 11.3 Å². The minimum atomic E-state index is -0.396. The highest BCUT2D eigenvalue weighted by Crippen LogP contribution is 2.17. The molecule has 0 aliphatic carbocycles. The quantitative estimate of drug-likeness (QED) is 0.368. The zero-order valence-electron chi connectivity index (χ0n) is 18.3. The zero-order chi connectivity index (χ0) is 23.7.